The first-order chi connectivity index (χ1) is 8.63. The van der Waals surface area contributed by atoms with Crippen LogP contribution in [0.2, 0.25) is 0 Å². The predicted octanol–water partition coefficient (Wildman–Crippen LogP) is 2.52. The molecule has 1 saturated carbocycles. The van der Waals surface area contributed by atoms with E-state index in [1.165, 1.54) is 6.07 Å². The average Bonchev–Trinajstić information content (AvgIpc) is 3.17. The van der Waals surface area contributed by atoms with Crippen LogP contribution < -0.4 is 0 Å². The number of nitriles is 1. The summed E-state index contributed by atoms with van der Waals surface area (Å²) in [6.07, 6.45) is 2.30. The van der Waals surface area contributed by atoms with Crippen molar-refractivity contribution in [2.24, 2.45) is 0 Å². The zero-order valence-electron chi connectivity index (χ0n) is 9.77. The summed E-state index contributed by atoms with van der Waals surface area (Å²) >= 11 is 2.11. The molecule has 94 valence electrons. The first-order valence-electron chi connectivity index (χ1n) is 5.80. The molecule has 0 bridgehead atoms. The Morgan fingerprint density at radius 3 is 2.89 bits per heavy atom. The van der Waals surface area contributed by atoms with E-state index in [0.29, 0.717) is 18.5 Å². The molecule has 1 fully saturated rings. The molecule has 0 atom stereocenters. The first kappa shape index (κ1) is 13.1. The lowest BCUT2D eigenvalue weighted by molar-refractivity contribution is 0.0743. The highest BCUT2D eigenvalue weighted by Crippen LogP contribution is 2.30. The number of phenols is 1. The first-order valence-corrected chi connectivity index (χ1v) is 6.88. The maximum Gasteiger partial charge on any atom is 0.257 e. The van der Waals surface area contributed by atoms with Gasteiger partial charge in [0.2, 0.25) is 0 Å². The van der Waals surface area contributed by atoms with Gasteiger partial charge in [0.05, 0.1) is 18.1 Å². The minimum absolute atomic E-state index is 0.00280. The summed E-state index contributed by atoms with van der Waals surface area (Å²) in [7, 11) is 0. The predicted molar refractivity (Wildman–Crippen MR) is 75.1 cm³/mol. The summed E-state index contributed by atoms with van der Waals surface area (Å²) in [5.74, 6) is -0.174. The van der Waals surface area contributed by atoms with Crippen molar-refractivity contribution in [1.29, 1.82) is 5.26 Å². The number of halogens is 1. The lowest BCUT2D eigenvalue weighted by atomic mass is 10.1. The summed E-state index contributed by atoms with van der Waals surface area (Å²) in [5.41, 5.74) is 0.326. The van der Waals surface area contributed by atoms with Crippen molar-refractivity contribution in [3.05, 3.63) is 27.3 Å². The molecule has 0 aromatic heterocycles. The lowest BCUT2D eigenvalue weighted by Gasteiger charge is -2.21. The molecule has 4 nitrogen and oxygen atoms in total. The SMILES string of the molecule is N#CCCN(C(=O)c1cc(I)ccc1O)C1CC1. The second-order valence-corrected chi connectivity index (χ2v) is 5.54. The second kappa shape index (κ2) is 5.57. The Labute approximate surface area is 119 Å². The summed E-state index contributed by atoms with van der Waals surface area (Å²) in [5, 5.41) is 18.4. The Morgan fingerprint density at radius 1 is 1.56 bits per heavy atom. The van der Waals surface area contributed by atoms with Crippen molar-refractivity contribution in [1.82, 2.24) is 4.90 Å². The molecule has 1 amide bonds. The minimum atomic E-state index is -0.177. The van der Waals surface area contributed by atoms with Crippen LogP contribution in [0, 0.1) is 14.9 Å². The fraction of sp³-hybridized carbons (Fsp3) is 0.385. The van der Waals surface area contributed by atoms with Gasteiger partial charge in [-0.2, -0.15) is 5.26 Å². The molecular formula is C13H13IN2O2. The standard InChI is InChI=1S/C13H13IN2O2/c14-9-2-5-12(17)11(8-9)13(18)16(7-1-6-15)10-3-4-10/h2,5,8,10,17H,1,3-4,7H2. The highest BCUT2D eigenvalue weighted by molar-refractivity contribution is 14.1. The monoisotopic (exact) mass is 356 g/mol. The number of phenolic OH excluding ortho intramolecular Hbond substituents is 1. The molecule has 0 spiro atoms. The van der Waals surface area contributed by atoms with Crippen LogP contribution in [-0.2, 0) is 0 Å². The Morgan fingerprint density at radius 2 is 2.28 bits per heavy atom. The van der Waals surface area contributed by atoms with Crippen molar-refractivity contribution in [2.45, 2.75) is 25.3 Å². The third-order valence-electron chi connectivity index (χ3n) is 2.90. The highest BCUT2D eigenvalue weighted by Gasteiger charge is 2.33. The highest BCUT2D eigenvalue weighted by atomic mass is 127. The molecule has 5 heteroatoms. The number of carbonyl (C=O) groups excluding carboxylic acids is 1. The van der Waals surface area contributed by atoms with E-state index in [4.69, 9.17) is 5.26 Å². The van der Waals surface area contributed by atoms with Crippen LogP contribution in [0.15, 0.2) is 18.2 Å². The van der Waals surface area contributed by atoms with Gasteiger partial charge in [-0.15, -0.1) is 0 Å². The molecular weight excluding hydrogens is 343 g/mol. The third-order valence-corrected chi connectivity index (χ3v) is 3.57. The van der Waals surface area contributed by atoms with Gasteiger partial charge in [-0.3, -0.25) is 4.79 Å². The van der Waals surface area contributed by atoms with Crippen molar-refractivity contribution < 1.29 is 9.90 Å². The molecule has 1 aliphatic rings. The van der Waals surface area contributed by atoms with E-state index in [-0.39, 0.29) is 17.7 Å². The second-order valence-electron chi connectivity index (χ2n) is 4.30. The van der Waals surface area contributed by atoms with Gasteiger partial charge in [-0.05, 0) is 53.6 Å². The number of amides is 1. The molecule has 0 radical (unpaired) electrons. The van der Waals surface area contributed by atoms with Crippen LogP contribution in [-0.4, -0.2) is 28.5 Å². The molecule has 1 aromatic rings. The molecule has 1 aromatic carbocycles. The topological polar surface area (TPSA) is 64.3 Å². The molecule has 18 heavy (non-hydrogen) atoms. The molecule has 2 rings (SSSR count). The number of hydrogen-bond donors (Lipinski definition) is 1. The fourth-order valence-corrected chi connectivity index (χ4v) is 2.33. The van der Waals surface area contributed by atoms with Gasteiger partial charge in [0.25, 0.3) is 5.91 Å². The van der Waals surface area contributed by atoms with E-state index < -0.39 is 0 Å². The van der Waals surface area contributed by atoms with Gasteiger partial charge in [-0.25, -0.2) is 0 Å². The quantitative estimate of drug-likeness (QED) is 0.844. The summed E-state index contributed by atoms with van der Waals surface area (Å²) in [6.45, 7) is 0.435. The van der Waals surface area contributed by atoms with E-state index in [9.17, 15) is 9.90 Å². The van der Waals surface area contributed by atoms with Crippen LogP contribution in [0.5, 0.6) is 5.75 Å². The van der Waals surface area contributed by atoms with Crippen molar-refractivity contribution >= 4 is 28.5 Å². The molecule has 0 heterocycles. The van der Waals surface area contributed by atoms with Crippen molar-refractivity contribution in [2.75, 3.05) is 6.54 Å². The lowest BCUT2D eigenvalue weighted by Crippen LogP contribution is -2.34. The van der Waals surface area contributed by atoms with Crippen LogP contribution in [0.4, 0.5) is 0 Å². The zero-order chi connectivity index (χ0) is 13.1. The van der Waals surface area contributed by atoms with Gasteiger partial charge in [0, 0.05) is 16.2 Å². The van der Waals surface area contributed by atoms with E-state index in [1.54, 1.807) is 17.0 Å². The van der Waals surface area contributed by atoms with Crippen molar-refractivity contribution in [3.8, 4) is 11.8 Å². The molecule has 0 saturated heterocycles. The van der Waals surface area contributed by atoms with Gasteiger partial charge in [-0.1, -0.05) is 0 Å². The summed E-state index contributed by atoms with van der Waals surface area (Å²) < 4.78 is 0.907. The van der Waals surface area contributed by atoms with Gasteiger partial charge < -0.3 is 10.0 Å². The number of hydrogen-bond acceptors (Lipinski definition) is 3. The van der Waals surface area contributed by atoms with Crippen molar-refractivity contribution in [3.63, 3.8) is 0 Å². The smallest absolute Gasteiger partial charge is 0.257 e. The maximum atomic E-state index is 12.4. The minimum Gasteiger partial charge on any atom is -0.507 e. The normalized spacial score (nSPS) is 14.0. The van der Waals surface area contributed by atoms with Crippen LogP contribution in [0.1, 0.15) is 29.6 Å². The zero-order valence-corrected chi connectivity index (χ0v) is 11.9. The molecule has 0 aliphatic heterocycles. The van der Waals surface area contributed by atoms with Gasteiger partial charge >= 0.3 is 0 Å². The molecule has 1 aliphatic carbocycles. The number of benzene rings is 1. The average molecular weight is 356 g/mol. The van der Waals surface area contributed by atoms with Crippen LogP contribution in [0.3, 0.4) is 0 Å². The molecule has 0 unspecified atom stereocenters. The number of carbonyl (C=O) groups is 1. The van der Waals surface area contributed by atoms with Crippen LogP contribution >= 0.6 is 22.6 Å². The largest absolute Gasteiger partial charge is 0.507 e. The van der Waals surface area contributed by atoms with E-state index in [2.05, 4.69) is 28.7 Å². The number of nitrogens with zero attached hydrogens (tertiary/aromatic N) is 2. The maximum absolute atomic E-state index is 12.4. The van der Waals surface area contributed by atoms with E-state index in [0.717, 1.165) is 16.4 Å². The Kier molecular flexibility index (Phi) is 4.07. The number of aromatic hydroxyl groups is 1. The number of rotatable bonds is 4. The third kappa shape index (κ3) is 2.93. The summed E-state index contributed by atoms with van der Waals surface area (Å²) in [4.78, 5) is 14.1. The Bertz CT molecular complexity index is 506. The van der Waals surface area contributed by atoms with E-state index >= 15 is 0 Å². The fourth-order valence-electron chi connectivity index (χ4n) is 1.84. The van der Waals surface area contributed by atoms with Gasteiger partial charge in [0.1, 0.15) is 5.75 Å². The van der Waals surface area contributed by atoms with Gasteiger partial charge in [0.15, 0.2) is 0 Å². The Hall–Kier alpha value is -1.29. The Balaban J connectivity index is 2.22. The van der Waals surface area contributed by atoms with Crippen LogP contribution in [0.25, 0.3) is 0 Å². The molecule has 1 N–H and O–H groups in total. The summed E-state index contributed by atoms with van der Waals surface area (Å²) in [6, 6.07) is 7.26. The van der Waals surface area contributed by atoms with E-state index in [1.807, 2.05) is 0 Å².